The van der Waals surface area contributed by atoms with Gasteiger partial charge in [0.1, 0.15) is 0 Å². The predicted octanol–water partition coefficient (Wildman–Crippen LogP) is 13.5. The lowest BCUT2D eigenvalue weighted by molar-refractivity contribution is 0.658. The second kappa shape index (κ2) is 11.6. The Morgan fingerprint density at radius 3 is 0.917 bits per heavy atom. The summed E-state index contributed by atoms with van der Waals surface area (Å²) < 4.78 is 0. The third kappa shape index (κ3) is 4.57. The van der Waals surface area contributed by atoms with Gasteiger partial charge in [0.25, 0.3) is 0 Å². The predicted molar refractivity (Wildman–Crippen MR) is 244 cm³/mol. The average Bonchev–Trinajstić information content (AvgIpc) is 3.82. The summed E-state index contributed by atoms with van der Waals surface area (Å²) >= 11 is 0. The van der Waals surface area contributed by atoms with Gasteiger partial charge in [0.2, 0.25) is 0 Å². The largest absolute Gasteiger partial charge is 0.256 e. The molecular weight excluding hydrogens is 729 g/mol. The molecular formula is C56H46N4. The van der Waals surface area contributed by atoms with Crippen LogP contribution in [-0.2, 0) is 21.7 Å². The van der Waals surface area contributed by atoms with Gasteiger partial charge in [0.15, 0.2) is 0 Å². The quantitative estimate of drug-likeness (QED) is 0.179. The van der Waals surface area contributed by atoms with Crippen LogP contribution in [0.2, 0.25) is 0 Å². The zero-order valence-electron chi connectivity index (χ0n) is 35.5. The number of fused-ring (bicyclic) bond motifs is 12. The Balaban J connectivity index is 0.933. The molecule has 60 heavy (non-hydrogen) atoms. The van der Waals surface area contributed by atoms with Crippen LogP contribution < -0.4 is 0 Å². The van der Waals surface area contributed by atoms with Crippen molar-refractivity contribution in [2.24, 2.45) is 0 Å². The summed E-state index contributed by atoms with van der Waals surface area (Å²) in [6, 6.07) is 45.2. The van der Waals surface area contributed by atoms with Crippen molar-refractivity contribution >= 4 is 0 Å². The van der Waals surface area contributed by atoms with Gasteiger partial charge in [-0.3, -0.25) is 9.97 Å². The summed E-state index contributed by atoms with van der Waals surface area (Å²) in [6.07, 6.45) is 3.82. The minimum Gasteiger partial charge on any atom is -0.256 e. The highest BCUT2D eigenvalue weighted by atomic mass is 14.8. The molecule has 4 aromatic heterocycles. The molecule has 0 bridgehead atoms. The molecule has 0 fully saturated rings. The van der Waals surface area contributed by atoms with Gasteiger partial charge < -0.3 is 0 Å². The van der Waals surface area contributed by atoms with E-state index in [9.17, 15) is 0 Å². The Morgan fingerprint density at radius 1 is 0.300 bits per heavy atom. The van der Waals surface area contributed by atoms with E-state index in [1.54, 1.807) is 0 Å². The molecule has 4 heterocycles. The number of rotatable bonds is 3. The SMILES string of the molecule is CC1(C)c2ccc(-c3ccc4c(c3)-c3nc(-c5ccc6c(n5)-c5cc(-c7ccc8c(c7)-c7ncccc7C8(C)C)ccc5C6(C)C)ccc3C4(C)C)cc2-c2ncccc21. The Labute approximate surface area is 352 Å². The normalized spacial score (nSPS) is 16.9. The first kappa shape index (κ1) is 35.4. The van der Waals surface area contributed by atoms with Gasteiger partial charge >= 0.3 is 0 Å². The van der Waals surface area contributed by atoms with Crippen molar-refractivity contribution < 1.29 is 0 Å². The van der Waals surface area contributed by atoms with E-state index in [4.69, 9.17) is 19.9 Å². The highest BCUT2D eigenvalue weighted by Gasteiger charge is 2.41. The molecule has 0 amide bonds. The fraction of sp³-hybridized carbons (Fsp3) is 0.214. The Bertz CT molecular complexity index is 3000. The van der Waals surface area contributed by atoms with E-state index in [1.165, 1.54) is 89.0 Å². The van der Waals surface area contributed by atoms with Crippen molar-refractivity contribution in [3.63, 3.8) is 0 Å². The summed E-state index contributed by atoms with van der Waals surface area (Å²) in [5, 5.41) is 0. The molecule has 4 aliphatic carbocycles. The second-order valence-corrected chi connectivity index (χ2v) is 19.5. The van der Waals surface area contributed by atoms with Crippen LogP contribution in [0.3, 0.4) is 0 Å². The standard InChI is InChI=1S/C56H46N4/c1-53(2)39-17-13-31(27-35(39)49-43(53)11-9-25-57-49)33-15-19-41-37(29-33)51-45(55(41,5)6)21-23-47(59-51)48-24-22-46-52(60-48)38-30-34(16-20-42(38)56(46,7)8)32-14-18-40-36(28-32)50-44(54(40,3)4)12-10-26-58-50/h9-30H,1-8H3. The van der Waals surface area contributed by atoms with Gasteiger partial charge in [-0.05, 0) is 115 Å². The Morgan fingerprint density at radius 2 is 0.583 bits per heavy atom. The maximum absolute atomic E-state index is 5.47. The number of hydrogen-bond donors (Lipinski definition) is 0. The third-order valence-corrected chi connectivity index (χ3v) is 14.8. The molecule has 4 aliphatic rings. The molecule has 290 valence electrons. The molecule has 0 saturated heterocycles. The van der Waals surface area contributed by atoms with E-state index < -0.39 is 0 Å². The summed E-state index contributed by atoms with van der Waals surface area (Å²) in [6.45, 7) is 18.5. The van der Waals surface area contributed by atoms with Gasteiger partial charge in [-0.15, -0.1) is 0 Å². The smallest absolute Gasteiger partial charge is 0.0894 e. The Hall–Kier alpha value is -6.52. The lowest BCUT2D eigenvalue weighted by Crippen LogP contribution is -2.15. The fourth-order valence-electron chi connectivity index (χ4n) is 11.3. The first-order chi connectivity index (χ1) is 28.7. The molecule has 4 aromatic carbocycles. The van der Waals surface area contributed by atoms with Crippen LogP contribution in [-0.4, -0.2) is 19.9 Å². The number of benzene rings is 4. The van der Waals surface area contributed by atoms with Gasteiger partial charge in [-0.2, -0.15) is 0 Å². The van der Waals surface area contributed by atoms with Crippen molar-refractivity contribution in [2.75, 3.05) is 0 Å². The molecule has 0 spiro atoms. The highest BCUT2D eigenvalue weighted by Crippen LogP contribution is 2.54. The molecule has 0 unspecified atom stereocenters. The van der Waals surface area contributed by atoms with Crippen molar-refractivity contribution in [1.29, 1.82) is 0 Å². The highest BCUT2D eigenvalue weighted by molar-refractivity contribution is 5.89. The molecule has 0 radical (unpaired) electrons. The van der Waals surface area contributed by atoms with Crippen LogP contribution in [0.1, 0.15) is 99.9 Å². The Kier molecular flexibility index (Phi) is 6.85. The monoisotopic (exact) mass is 774 g/mol. The van der Waals surface area contributed by atoms with Crippen LogP contribution >= 0.6 is 0 Å². The molecule has 12 rings (SSSR count). The van der Waals surface area contributed by atoms with E-state index in [0.717, 1.165) is 34.2 Å². The molecule has 8 aromatic rings. The number of nitrogens with zero attached hydrogens (tertiary/aromatic N) is 4. The summed E-state index contributed by atoms with van der Waals surface area (Å²) in [5.41, 5.74) is 25.5. The van der Waals surface area contributed by atoms with Gasteiger partial charge in [-0.1, -0.05) is 128 Å². The molecule has 0 saturated carbocycles. The molecule has 0 aliphatic heterocycles. The maximum atomic E-state index is 5.47. The summed E-state index contributed by atoms with van der Waals surface area (Å²) in [5.74, 6) is 0. The zero-order valence-corrected chi connectivity index (χ0v) is 35.5. The van der Waals surface area contributed by atoms with Crippen LogP contribution in [0.15, 0.2) is 134 Å². The lowest BCUT2D eigenvalue weighted by atomic mass is 9.81. The van der Waals surface area contributed by atoms with Crippen molar-refractivity contribution in [3.8, 4) is 78.7 Å². The van der Waals surface area contributed by atoms with Gasteiger partial charge in [0.05, 0.1) is 34.2 Å². The van der Waals surface area contributed by atoms with Gasteiger partial charge in [0, 0.05) is 56.3 Å². The molecule has 0 N–H and O–H groups in total. The van der Waals surface area contributed by atoms with Crippen LogP contribution in [0.4, 0.5) is 0 Å². The van der Waals surface area contributed by atoms with Crippen molar-refractivity contribution in [1.82, 2.24) is 19.9 Å². The third-order valence-electron chi connectivity index (χ3n) is 14.8. The van der Waals surface area contributed by atoms with Crippen LogP contribution in [0.25, 0.3) is 78.7 Å². The molecule has 4 heteroatoms. The average molecular weight is 775 g/mol. The molecule has 0 atom stereocenters. The van der Waals surface area contributed by atoms with E-state index >= 15 is 0 Å². The second-order valence-electron chi connectivity index (χ2n) is 19.5. The lowest BCUT2D eigenvalue weighted by Gasteiger charge is -2.22. The molecule has 4 nitrogen and oxygen atoms in total. The maximum Gasteiger partial charge on any atom is 0.0894 e. The topological polar surface area (TPSA) is 51.6 Å². The van der Waals surface area contributed by atoms with Crippen LogP contribution in [0.5, 0.6) is 0 Å². The van der Waals surface area contributed by atoms with E-state index in [2.05, 4.69) is 177 Å². The van der Waals surface area contributed by atoms with Gasteiger partial charge in [-0.25, -0.2) is 9.97 Å². The summed E-state index contributed by atoms with van der Waals surface area (Å²) in [7, 11) is 0. The number of aromatic nitrogens is 4. The summed E-state index contributed by atoms with van der Waals surface area (Å²) in [4.78, 5) is 20.6. The number of pyridine rings is 4. The first-order valence-electron chi connectivity index (χ1n) is 21.3. The van der Waals surface area contributed by atoms with E-state index in [-0.39, 0.29) is 21.7 Å². The first-order valence-corrected chi connectivity index (χ1v) is 21.3. The van der Waals surface area contributed by atoms with Crippen molar-refractivity contribution in [2.45, 2.75) is 77.0 Å². The fourth-order valence-corrected chi connectivity index (χ4v) is 11.3. The minimum absolute atomic E-state index is 0.0740. The van der Waals surface area contributed by atoms with E-state index in [0.29, 0.717) is 0 Å². The van der Waals surface area contributed by atoms with Crippen molar-refractivity contribution in [3.05, 3.63) is 178 Å². The minimum atomic E-state index is -0.171. The van der Waals surface area contributed by atoms with Crippen LogP contribution in [0, 0.1) is 0 Å². The zero-order chi connectivity index (χ0) is 41.1. The number of hydrogen-bond acceptors (Lipinski definition) is 4. The van der Waals surface area contributed by atoms with E-state index in [1.807, 2.05) is 12.4 Å².